The largest absolute Gasteiger partial charge is 0.458 e. The molecule has 0 aliphatic rings. The highest BCUT2D eigenvalue weighted by Crippen LogP contribution is 2.27. The van der Waals surface area contributed by atoms with Crippen molar-refractivity contribution in [2.75, 3.05) is 0 Å². The Balaban J connectivity index is 1.67. The van der Waals surface area contributed by atoms with Crippen LogP contribution in [0.2, 0.25) is 0 Å². The summed E-state index contributed by atoms with van der Waals surface area (Å²) in [5.41, 5.74) is 2.12. The Morgan fingerprint density at radius 1 is 0.667 bits per heavy atom. The lowest BCUT2D eigenvalue weighted by molar-refractivity contribution is -0.0530. The molecule has 0 saturated heterocycles. The molecule has 0 amide bonds. The van der Waals surface area contributed by atoms with Crippen LogP contribution in [0.4, 0.5) is 4.39 Å². The Morgan fingerprint density at radius 3 is 1.67 bits per heavy atom. The molecule has 0 N–H and O–H groups in total. The smallest absolute Gasteiger partial charge is 0.245 e. The molecule has 3 nitrogen and oxygen atoms in total. The first-order valence-electron chi connectivity index (χ1n) is 14.8. The van der Waals surface area contributed by atoms with Gasteiger partial charge in [0.2, 0.25) is 5.85 Å². The van der Waals surface area contributed by atoms with E-state index in [1.54, 1.807) is 0 Å². The number of alkyl halides is 1. The van der Waals surface area contributed by atoms with Crippen molar-refractivity contribution in [3.8, 4) is 17.1 Å². The highest BCUT2D eigenvalue weighted by atomic mass is 19.2. The molecular weight excluding hydrogens is 447 g/mol. The van der Waals surface area contributed by atoms with Crippen LogP contribution in [-0.2, 0) is 6.42 Å². The summed E-state index contributed by atoms with van der Waals surface area (Å²) in [7, 11) is 0. The fourth-order valence-electron chi connectivity index (χ4n) is 4.64. The van der Waals surface area contributed by atoms with E-state index >= 15 is 0 Å². The maximum Gasteiger partial charge on any atom is 0.245 e. The first-order valence-corrected chi connectivity index (χ1v) is 14.8. The predicted molar refractivity (Wildman–Crippen MR) is 151 cm³/mol. The highest BCUT2D eigenvalue weighted by Gasteiger charge is 2.24. The third kappa shape index (κ3) is 13.4. The van der Waals surface area contributed by atoms with Crippen LogP contribution >= 0.6 is 0 Å². The van der Waals surface area contributed by atoms with Gasteiger partial charge in [-0.15, -0.1) is 0 Å². The van der Waals surface area contributed by atoms with Crippen molar-refractivity contribution >= 4 is 0 Å². The van der Waals surface area contributed by atoms with Crippen LogP contribution in [0, 0.1) is 0 Å². The van der Waals surface area contributed by atoms with Crippen molar-refractivity contribution in [1.29, 1.82) is 0 Å². The van der Waals surface area contributed by atoms with E-state index in [0.29, 0.717) is 18.0 Å². The number of unbranched alkanes of at least 4 members (excludes halogenated alkanes) is 14. The summed E-state index contributed by atoms with van der Waals surface area (Å²) >= 11 is 0. The number of aryl methyl sites for hydroxylation is 1. The van der Waals surface area contributed by atoms with Gasteiger partial charge in [0.05, 0.1) is 0 Å². The van der Waals surface area contributed by atoms with Gasteiger partial charge in [-0.2, -0.15) is 4.39 Å². The molecule has 2 aromatic rings. The highest BCUT2D eigenvalue weighted by molar-refractivity contribution is 5.55. The Kier molecular flexibility index (Phi) is 15.4. The van der Waals surface area contributed by atoms with Gasteiger partial charge < -0.3 is 4.74 Å². The van der Waals surface area contributed by atoms with Gasteiger partial charge in [0.15, 0.2) is 5.82 Å². The minimum atomic E-state index is -1.64. The molecule has 0 fully saturated rings. The monoisotopic (exact) mass is 498 g/mol. The average Bonchev–Trinajstić information content (AvgIpc) is 2.88. The normalized spacial score (nSPS) is 13.0. The second-order valence-electron chi connectivity index (χ2n) is 10.6. The number of nitrogens with zero attached hydrogens (tertiary/aromatic N) is 2. The molecule has 4 heteroatoms. The number of halogens is 1. The van der Waals surface area contributed by atoms with E-state index in [-0.39, 0.29) is 0 Å². The van der Waals surface area contributed by atoms with Crippen LogP contribution in [0.5, 0.6) is 5.75 Å². The Bertz CT molecular complexity index is 789. The molecule has 0 spiro atoms. The maximum absolute atomic E-state index is 14.9. The molecule has 1 unspecified atom stereocenters. The lowest BCUT2D eigenvalue weighted by Crippen LogP contribution is -2.26. The van der Waals surface area contributed by atoms with Gasteiger partial charge in [0.25, 0.3) is 0 Å². The second kappa shape index (κ2) is 18.3. The van der Waals surface area contributed by atoms with Crippen LogP contribution in [0.3, 0.4) is 0 Å². The molecule has 1 aromatic heterocycles. The van der Waals surface area contributed by atoms with Crippen LogP contribution < -0.4 is 4.74 Å². The van der Waals surface area contributed by atoms with Gasteiger partial charge in [0.1, 0.15) is 5.75 Å². The number of ether oxygens (including phenoxy) is 1. The lowest BCUT2D eigenvalue weighted by atomic mass is 10.1. The number of rotatable bonds is 21. The zero-order valence-corrected chi connectivity index (χ0v) is 23.4. The molecule has 2 rings (SSSR count). The van der Waals surface area contributed by atoms with E-state index in [1.807, 2.05) is 36.7 Å². The van der Waals surface area contributed by atoms with E-state index < -0.39 is 5.85 Å². The number of aromatic nitrogens is 2. The summed E-state index contributed by atoms with van der Waals surface area (Å²) in [6, 6.07) is 7.46. The fourth-order valence-corrected chi connectivity index (χ4v) is 4.64. The molecule has 202 valence electrons. The number of hydrogen-bond donors (Lipinski definition) is 0. The first kappa shape index (κ1) is 30.3. The van der Waals surface area contributed by atoms with Gasteiger partial charge in [-0.1, -0.05) is 104 Å². The predicted octanol–water partition coefficient (Wildman–Crippen LogP) is 10.4. The van der Waals surface area contributed by atoms with Gasteiger partial charge in [-0.05, 0) is 49.1 Å². The Morgan fingerprint density at radius 2 is 1.14 bits per heavy atom. The molecular formula is C32H51FN2O. The Labute approximate surface area is 220 Å². The standard InChI is InChI=1S/C32H51FN2O/c1-4-6-8-10-12-13-14-16-18-20-28-26-34-31(35-27-28)29-21-23-30(24-22-29)36-32(3,33)25-19-17-15-11-9-7-5-2/h21-24,26-27H,4-20,25H2,1-3H3. The van der Waals surface area contributed by atoms with Gasteiger partial charge in [-0.25, -0.2) is 9.97 Å². The maximum atomic E-state index is 14.9. The van der Waals surface area contributed by atoms with Crippen LogP contribution in [-0.4, -0.2) is 15.8 Å². The Hall–Kier alpha value is -1.97. The van der Waals surface area contributed by atoms with E-state index in [1.165, 1.54) is 102 Å². The average molecular weight is 499 g/mol. The van der Waals surface area contributed by atoms with Crippen molar-refractivity contribution in [3.63, 3.8) is 0 Å². The van der Waals surface area contributed by atoms with Gasteiger partial charge in [-0.3, -0.25) is 0 Å². The first-order chi connectivity index (χ1) is 17.5. The van der Waals surface area contributed by atoms with Crippen molar-refractivity contribution in [3.05, 3.63) is 42.2 Å². The molecule has 36 heavy (non-hydrogen) atoms. The van der Waals surface area contributed by atoms with Gasteiger partial charge in [0, 0.05) is 31.3 Å². The van der Waals surface area contributed by atoms with Crippen LogP contribution in [0.1, 0.15) is 135 Å². The zero-order chi connectivity index (χ0) is 25.9. The molecule has 1 heterocycles. The van der Waals surface area contributed by atoms with Gasteiger partial charge >= 0.3 is 0 Å². The topological polar surface area (TPSA) is 35.0 Å². The number of hydrogen-bond acceptors (Lipinski definition) is 3. The van der Waals surface area contributed by atoms with Crippen LogP contribution in [0.25, 0.3) is 11.4 Å². The summed E-state index contributed by atoms with van der Waals surface area (Å²) in [5, 5.41) is 0. The molecule has 0 aliphatic heterocycles. The van der Waals surface area contributed by atoms with E-state index in [9.17, 15) is 4.39 Å². The fraction of sp³-hybridized carbons (Fsp3) is 0.688. The molecule has 0 radical (unpaired) electrons. The number of benzene rings is 1. The van der Waals surface area contributed by atoms with E-state index in [0.717, 1.165) is 24.8 Å². The summed E-state index contributed by atoms with van der Waals surface area (Å²) in [5.74, 6) is -0.393. The summed E-state index contributed by atoms with van der Waals surface area (Å²) in [6.07, 6.45) is 25.6. The van der Waals surface area contributed by atoms with Crippen molar-refractivity contribution in [2.45, 2.75) is 142 Å². The minimum absolute atomic E-state index is 0.423. The minimum Gasteiger partial charge on any atom is -0.458 e. The molecule has 0 aliphatic carbocycles. The SMILES string of the molecule is CCCCCCCCCCCc1cnc(-c2ccc(OC(C)(F)CCCCCCCCC)cc2)nc1. The van der Waals surface area contributed by atoms with E-state index in [4.69, 9.17) is 4.74 Å². The summed E-state index contributed by atoms with van der Waals surface area (Å²) in [6.45, 7) is 6.03. The van der Waals surface area contributed by atoms with Crippen LogP contribution in [0.15, 0.2) is 36.7 Å². The second-order valence-corrected chi connectivity index (χ2v) is 10.6. The zero-order valence-electron chi connectivity index (χ0n) is 23.4. The van der Waals surface area contributed by atoms with Crippen molar-refractivity contribution < 1.29 is 9.13 Å². The molecule has 1 atom stereocenters. The molecule has 0 bridgehead atoms. The lowest BCUT2D eigenvalue weighted by Gasteiger charge is -2.22. The molecule has 0 saturated carbocycles. The van der Waals surface area contributed by atoms with Crippen molar-refractivity contribution in [2.24, 2.45) is 0 Å². The quantitative estimate of drug-likeness (QED) is 0.161. The third-order valence-electron chi connectivity index (χ3n) is 6.94. The van der Waals surface area contributed by atoms with E-state index in [2.05, 4.69) is 23.8 Å². The molecule has 1 aromatic carbocycles. The third-order valence-corrected chi connectivity index (χ3v) is 6.94. The summed E-state index contributed by atoms with van der Waals surface area (Å²) < 4.78 is 20.5. The van der Waals surface area contributed by atoms with Crippen molar-refractivity contribution in [1.82, 2.24) is 9.97 Å². The summed E-state index contributed by atoms with van der Waals surface area (Å²) in [4.78, 5) is 9.12.